The number of furan rings is 1. The molecule has 120 valence electrons. The third-order valence-electron chi connectivity index (χ3n) is 2.62. The van der Waals surface area contributed by atoms with Crippen molar-refractivity contribution in [1.29, 1.82) is 0 Å². The van der Waals surface area contributed by atoms with E-state index in [9.17, 15) is 9.59 Å². The summed E-state index contributed by atoms with van der Waals surface area (Å²) >= 11 is 2.02. The molecule has 0 spiro atoms. The Hall–Kier alpha value is -2.36. The summed E-state index contributed by atoms with van der Waals surface area (Å²) in [4.78, 5) is 22.8. The normalized spacial score (nSPS) is 10.6. The van der Waals surface area contributed by atoms with Crippen molar-refractivity contribution in [2.24, 2.45) is 5.10 Å². The Kier molecular flexibility index (Phi) is 5.74. The molecule has 0 aliphatic heterocycles. The number of benzene rings is 1. The minimum Gasteiger partial charge on any atom is -0.493 e. The molecule has 0 aliphatic rings. The van der Waals surface area contributed by atoms with Gasteiger partial charge >= 0.3 is 11.9 Å². The molecule has 0 bridgehead atoms. The van der Waals surface area contributed by atoms with Crippen LogP contribution in [0.5, 0.6) is 11.5 Å². The number of hydrogen-bond donors (Lipinski definition) is 1. The lowest BCUT2D eigenvalue weighted by atomic mass is 10.2. The molecule has 2 rings (SSSR count). The summed E-state index contributed by atoms with van der Waals surface area (Å²) in [7, 11) is 1.47. The maximum atomic E-state index is 11.7. The van der Waals surface area contributed by atoms with Gasteiger partial charge in [-0.05, 0) is 52.4 Å². The van der Waals surface area contributed by atoms with Crippen molar-refractivity contribution in [3.8, 4) is 11.5 Å². The molecule has 0 fully saturated rings. The molecule has 0 unspecified atom stereocenters. The van der Waals surface area contributed by atoms with Crippen LogP contribution in [0.15, 0.2) is 40.0 Å². The van der Waals surface area contributed by atoms with Gasteiger partial charge in [0.1, 0.15) is 0 Å². The summed E-state index contributed by atoms with van der Waals surface area (Å²) in [5, 5.41) is 3.85. The minimum atomic E-state index is -0.454. The van der Waals surface area contributed by atoms with Crippen LogP contribution in [-0.4, -0.2) is 25.2 Å². The molecule has 0 saturated heterocycles. The van der Waals surface area contributed by atoms with Gasteiger partial charge in [0.2, 0.25) is 0 Å². The second-order valence-corrected chi connectivity index (χ2v) is 5.47. The molecule has 8 heteroatoms. The van der Waals surface area contributed by atoms with Gasteiger partial charge in [0, 0.05) is 6.92 Å². The van der Waals surface area contributed by atoms with Crippen molar-refractivity contribution in [3.05, 3.63) is 45.4 Å². The largest absolute Gasteiger partial charge is 0.493 e. The van der Waals surface area contributed by atoms with E-state index in [2.05, 4.69) is 10.5 Å². The average Bonchev–Trinajstić information content (AvgIpc) is 3.03. The van der Waals surface area contributed by atoms with E-state index in [-0.39, 0.29) is 5.76 Å². The molecule has 1 heterocycles. The van der Waals surface area contributed by atoms with Gasteiger partial charge in [0.25, 0.3) is 0 Å². The van der Waals surface area contributed by atoms with Crippen molar-refractivity contribution in [3.63, 3.8) is 0 Å². The SMILES string of the molecule is COc1cc(/C=N\NC(=O)c2ccco2)cc(I)c1OC(C)=O. The first-order valence-corrected chi connectivity index (χ1v) is 7.52. The molecule has 2 aromatic rings. The standard InChI is InChI=1S/C15H13IN2O5/c1-9(19)23-14-11(16)6-10(7-13(14)21-2)8-17-18-15(20)12-4-3-5-22-12/h3-8H,1-2H3,(H,18,20)/b17-8-. The number of carbonyl (C=O) groups excluding carboxylic acids is 2. The van der Waals surface area contributed by atoms with Crippen LogP contribution in [0.3, 0.4) is 0 Å². The summed E-state index contributed by atoms with van der Waals surface area (Å²) in [5.74, 6) is 0.0144. The predicted molar refractivity (Wildman–Crippen MR) is 90.8 cm³/mol. The lowest BCUT2D eigenvalue weighted by molar-refractivity contribution is -0.132. The Morgan fingerprint density at radius 2 is 2.17 bits per heavy atom. The van der Waals surface area contributed by atoms with Crippen molar-refractivity contribution < 1.29 is 23.5 Å². The van der Waals surface area contributed by atoms with Crippen LogP contribution < -0.4 is 14.9 Å². The fourth-order valence-electron chi connectivity index (χ4n) is 1.69. The van der Waals surface area contributed by atoms with Gasteiger partial charge in [-0.25, -0.2) is 5.43 Å². The first kappa shape index (κ1) is 17.0. The molecule has 0 saturated carbocycles. The molecule has 23 heavy (non-hydrogen) atoms. The number of hydrogen-bond acceptors (Lipinski definition) is 6. The zero-order valence-electron chi connectivity index (χ0n) is 12.3. The molecule has 0 atom stereocenters. The second-order valence-electron chi connectivity index (χ2n) is 4.30. The van der Waals surface area contributed by atoms with E-state index in [1.54, 1.807) is 18.2 Å². The van der Waals surface area contributed by atoms with E-state index in [4.69, 9.17) is 13.9 Å². The van der Waals surface area contributed by atoms with Crippen molar-refractivity contribution in [2.45, 2.75) is 6.92 Å². The van der Waals surface area contributed by atoms with Crippen molar-refractivity contribution >= 4 is 40.7 Å². The third-order valence-corrected chi connectivity index (χ3v) is 3.42. The molecule has 0 radical (unpaired) electrons. The van der Waals surface area contributed by atoms with E-state index < -0.39 is 11.9 Å². The number of halogens is 1. The number of ether oxygens (including phenoxy) is 2. The van der Waals surface area contributed by atoms with E-state index >= 15 is 0 Å². The van der Waals surface area contributed by atoms with Crippen LogP contribution in [0.2, 0.25) is 0 Å². The number of hydrazone groups is 1. The highest BCUT2D eigenvalue weighted by molar-refractivity contribution is 14.1. The molecule has 7 nitrogen and oxygen atoms in total. The maximum absolute atomic E-state index is 11.7. The summed E-state index contributed by atoms with van der Waals surface area (Å²) in [5.41, 5.74) is 3.01. The molecule has 1 aromatic heterocycles. The number of amides is 1. The van der Waals surface area contributed by atoms with Crippen molar-refractivity contribution in [1.82, 2.24) is 5.43 Å². The zero-order chi connectivity index (χ0) is 16.8. The predicted octanol–water partition coefficient (Wildman–Crippen LogP) is 2.58. The Balaban J connectivity index is 2.14. The fourth-order valence-corrected chi connectivity index (χ4v) is 2.42. The van der Waals surface area contributed by atoms with E-state index in [0.29, 0.717) is 20.6 Å². The molecular weight excluding hydrogens is 415 g/mol. The topological polar surface area (TPSA) is 90.1 Å². The van der Waals surface area contributed by atoms with E-state index in [0.717, 1.165) is 0 Å². The van der Waals surface area contributed by atoms with Crippen molar-refractivity contribution in [2.75, 3.05) is 7.11 Å². The number of esters is 1. The number of carbonyl (C=O) groups is 2. The Morgan fingerprint density at radius 3 is 2.78 bits per heavy atom. The lowest BCUT2D eigenvalue weighted by Crippen LogP contribution is -2.16. The number of methoxy groups -OCH3 is 1. The van der Waals surface area contributed by atoms with Crippen LogP contribution in [0.4, 0.5) is 0 Å². The van der Waals surface area contributed by atoms with E-state index in [1.807, 2.05) is 22.6 Å². The Labute approximate surface area is 145 Å². The average molecular weight is 428 g/mol. The van der Waals surface area contributed by atoms with Crippen LogP contribution in [0.25, 0.3) is 0 Å². The fraction of sp³-hybridized carbons (Fsp3) is 0.133. The van der Waals surface area contributed by atoms with Crippen LogP contribution in [0.1, 0.15) is 23.0 Å². The quantitative estimate of drug-likeness (QED) is 0.260. The molecular formula is C15H13IN2O5. The first-order valence-electron chi connectivity index (χ1n) is 6.44. The van der Waals surface area contributed by atoms with Crippen LogP contribution >= 0.6 is 22.6 Å². The van der Waals surface area contributed by atoms with Gasteiger partial charge in [0.15, 0.2) is 17.3 Å². The molecule has 1 aromatic carbocycles. The summed E-state index contributed by atoms with van der Waals surface area (Å²) in [6, 6.07) is 6.52. The number of nitrogens with zero attached hydrogens (tertiary/aromatic N) is 1. The van der Waals surface area contributed by atoms with Crippen LogP contribution in [0, 0.1) is 3.57 Å². The van der Waals surface area contributed by atoms with Gasteiger partial charge in [-0.2, -0.15) is 5.10 Å². The Morgan fingerprint density at radius 1 is 1.39 bits per heavy atom. The second kappa shape index (κ2) is 7.77. The smallest absolute Gasteiger partial charge is 0.308 e. The first-order chi connectivity index (χ1) is 11.0. The summed E-state index contributed by atoms with van der Waals surface area (Å²) < 4.78 is 16.0. The number of nitrogens with one attached hydrogen (secondary N) is 1. The van der Waals surface area contributed by atoms with Gasteiger partial charge < -0.3 is 13.9 Å². The molecule has 0 aliphatic carbocycles. The van der Waals surface area contributed by atoms with Gasteiger partial charge in [0.05, 0.1) is 23.2 Å². The Bertz CT molecular complexity index is 741. The molecule has 1 N–H and O–H groups in total. The lowest BCUT2D eigenvalue weighted by Gasteiger charge is -2.10. The van der Waals surface area contributed by atoms with Crippen LogP contribution in [-0.2, 0) is 4.79 Å². The monoisotopic (exact) mass is 428 g/mol. The summed E-state index contributed by atoms with van der Waals surface area (Å²) in [6.07, 6.45) is 2.85. The zero-order valence-corrected chi connectivity index (χ0v) is 14.5. The van der Waals surface area contributed by atoms with E-state index in [1.165, 1.54) is 32.6 Å². The highest BCUT2D eigenvalue weighted by atomic mass is 127. The van der Waals surface area contributed by atoms with Gasteiger partial charge in [-0.15, -0.1) is 0 Å². The minimum absolute atomic E-state index is 0.166. The number of rotatable bonds is 5. The molecule has 1 amide bonds. The third kappa shape index (κ3) is 4.55. The maximum Gasteiger partial charge on any atom is 0.308 e. The highest BCUT2D eigenvalue weighted by Gasteiger charge is 2.13. The van der Waals surface area contributed by atoms with Gasteiger partial charge in [-0.3, -0.25) is 9.59 Å². The van der Waals surface area contributed by atoms with Gasteiger partial charge in [-0.1, -0.05) is 0 Å². The summed E-state index contributed by atoms with van der Waals surface area (Å²) in [6.45, 7) is 1.31. The highest BCUT2D eigenvalue weighted by Crippen LogP contribution is 2.33.